The van der Waals surface area contributed by atoms with Gasteiger partial charge in [0, 0.05) is 5.56 Å². The van der Waals surface area contributed by atoms with Crippen LogP contribution in [0.3, 0.4) is 0 Å². The Morgan fingerprint density at radius 2 is 2.32 bits per heavy atom. The Bertz CT molecular complexity index is 663. The lowest BCUT2D eigenvalue weighted by atomic mass is 9.80. The van der Waals surface area contributed by atoms with Gasteiger partial charge in [-0.3, -0.25) is 0 Å². The second kappa shape index (κ2) is 4.28. The molecule has 1 fully saturated rings. The highest BCUT2D eigenvalue weighted by atomic mass is 35.5. The van der Waals surface area contributed by atoms with E-state index in [1.54, 1.807) is 6.07 Å². The lowest BCUT2D eigenvalue weighted by molar-refractivity contribution is -0.0492. The van der Waals surface area contributed by atoms with Crippen molar-refractivity contribution in [3.63, 3.8) is 0 Å². The first-order valence-electron chi connectivity index (χ1n) is 6.10. The molecule has 0 unspecified atom stereocenters. The summed E-state index contributed by atoms with van der Waals surface area (Å²) in [6.45, 7) is 3.82. The van der Waals surface area contributed by atoms with Crippen LogP contribution in [0.4, 0.5) is 4.39 Å². The first-order valence-corrected chi connectivity index (χ1v) is 6.48. The van der Waals surface area contributed by atoms with E-state index < -0.39 is 11.4 Å². The normalized spacial score (nSPS) is 17.4. The van der Waals surface area contributed by atoms with Crippen LogP contribution in [0.25, 0.3) is 17.1 Å². The average Bonchev–Trinajstić information content (AvgIpc) is 2.74. The van der Waals surface area contributed by atoms with E-state index in [9.17, 15) is 9.50 Å². The van der Waals surface area contributed by atoms with E-state index >= 15 is 0 Å². The molecule has 0 saturated heterocycles. The lowest BCUT2D eigenvalue weighted by Gasteiger charge is -2.36. The molecule has 0 spiro atoms. The van der Waals surface area contributed by atoms with Crippen LogP contribution in [0.2, 0.25) is 5.02 Å². The van der Waals surface area contributed by atoms with Crippen molar-refractivity contribution in [3.8, 4) is 0 Å². The highest BCUT2D eigenvalue weighted by Crippen LogP contribution is 2.35. The van der Waals surface area contributed by atoms with E-state index in [-0.39, 0.29) is 11.6 Å². The number of nitrogens with zero attached hydrogens (tertiary/aromatic N) is 3. The van der Waals surface area contributed by atoms with Crippen LogP contribution in [0.1, 0.15) is 24.8 Å². The van der Waals surface area contributed by atoms with E-state index in [0.717, 1.165) is 19.3 Å². The molecular formula is C13H13ClFN3O. The van der Waals surface area contributed by atoms with Crippen LogP contribution >= 0.6 is 11.6 Å². The van der Waals surface area contributed by atoms with Gasteiger partial charge in [-0.2, -0.15) is 0 Å². The number of fused-ring (bicyclic) bond motifs is 1. The van der Waals surface area contributed by atoms with E-state index in [1.165, 1.54) is 10.8 Å². The first kappa shape index (κ1) is 12.6. The molecule has 1 heterocycles. The fourth-order valence-corrected chi connectivity index (χ4v) is 2.68. The standard InChI is InChI=1S/C13H13ClFN3O/c1-2-8-6-9-12(10(14)11(8)15)18(17-16-9)7-13(19)4-3-5-13/h2,6,19H,1,3-5,7H2. The number of aliphatic hydroxyl groups is 1. The Morgan fingerprint density at radius 1 is 1.58 bits per heavy atom. The highest BCUT2D eigenvalue weighted by molar-refractivity contribution is 6.35. The van der Waals surface area contributed by atoms with Crippen LogP contribution in [-0.2, 0) is 6.54 Å². The highest BCUT2D eigenvalue weighted by Gasteiger charge is 2.36. The maximum atomic E-state index is 14.0. The quantitative estimate of drug-likeness (QED) is 0.941. The molecular weight excluding hydrogens is 269 g/mol. The number of halogens is 2. The first-order chi connectivity index (χ1) is 9.04. The van der Waals surface area contributed by atoms with Crippen molar-refractivity contribution in [3.05, 3.63) is 29.0 Å². The van der Waals surface area contributed by atoms with Gasteiger partial charge < -0.3 is 5.11 Å². The predicted octanol–water partition coefficient (Wildman–Crippen LogP) is 2.78. The third-order valence-corrected chi connectivity index (χ3v) is 4.00. The summed E-state index contributed by atoms with van der Waals surface area (Å²) in [4.78, 5) is 0. The molecule has 1 saturated carbocycles. The molecule has 19 heavy (non-hydrogen) atoms. The predicted molar refractivity (Wildman–Crippen MR) is 71.4 cm³/mol. The van der Waals surface area contributed by atoms with Gasteiger partial charge in [-0.1, -0.05) is 29.5 Å². The molecule has 1 aliphatic rings. The third-order valence-electron chi connectivity index (χ3n) is 3.66. The average molecular weight is 282 g/mol. The second-order valence-corrected chi connectivity index (χ2v) is 5.37. The van der Waals surface area contributed by atoms with Crippen molar-refractivity contribution in [1.29, 1.82) is 0 Å². The molecule has 0 bridgehead atoms. The molecule has 0 aliphatic heterocycles. The Balaban J connectivity index is 2.12. The monoisotopic (exact) mass is 281 g/mol. The maximum absolute atomic E-state index is 14.0. The van der Waals surface area contributed by atoms with Crippen molar-refractivity contribution in [1.82, 2.24) is 15.0 Å². The summed E-state index contributed by atoms with van der Waals surface area (Å²) in [5, 5.41) is 18.1. The van der Waals surface area contributed by atoms with Crippen molar-refractivity contribution >= 4 is 28.7 Å². The molecule has 0 amide bonds. The second-order valence-electron chi connectivity index (χ2n) is 4.99. The Labute approximate surface area is 114 Å². The van der Waals surface area contributed by atoms with Gasteiger partial charge in [0.1, 0.15) is 16.1 Å². The molecule has 3 rings (SSSR count). The van der Waals surface area contributed by atoms with Gasteiger partial charge in [0.05, 0.1) is 12.1 Å². The largest absolute Gasteiger partial charge is 0.388 e. The van der Waals surface area contributed by atoms with Gasteiger partial charge in [0.15, 0.2) is 5.82 Å². The van der Waals surface area contributed by atoms with E-state index in [0.29, 0.717) is 16.6 Å². The zero-order chi connectivity index (χ0) is 13.6. The zero-order valence-corrected chi connectivity index (χ0v) is 11.0. The van der Waals surface area contributed by atoms with E-state index in [1.807, 2.05) is 0 Å². The van der Waals surface area contributed by atoms with Gasteiger partial charge in [-0.25, -0.2) is 9.07 Å². The van der Waals surface area contributed by atoms with Crippen molar-refractivity contribution in [2.24, 2.45) is 0 Å². The minimum Gasteiger partial charge on any atom is -0.388 e. The van der Waals surface area contributed by atoms with Crippen molar-refractivity contribution < 1.29 is 9.50 Å². The molecule has 1 aromatic heterocycles. The van der Waals surface area contributed by atoms with Gasteiger partial charge in [-0.05, 0) is 25.3 Å². The minimum absolute atomic E-state index is 0.0275. The molecule has 1 N–H and O–H groups in total. The molecule has 1 aliphatic carbocycles. The van der Waals surface area contributed by atoms with Gasteiger partial charge in [-0.15, -0.1) is 5.10 Å². The number of benzene rings is 1. The summed E-state index contributed by atoms with van der Waals surface area (Å²) in [5.41, 5.74) is 0.457. The minimum atomic E-state index is -0.766. The van der Waals surface area contributed by atoms with E-state index in [2.05, 4.69) is 16.9 Å². The summed E-state index contributed by atoms with van der Waals surface area (Å²) >= 11 is 6.04. The lowest BCUT2D eigenvalue weighted by Crippen LogP contribution is -2.41. The summed E-state index contributed by atoms with van der Waals surface area (Å²) < 4.78 is 15.5. The topological polar surface area (TPSA) is 50.9 Å². The number of aromatic nitrogens is 3. The Kier molecular flexibility index (Phi) is 2.83. The number of rotatable bonds is 3. The van der Waals surface area contributed by atoms with Crippen LogP contribution < -0.4 is 0 Å². The van der Waals surface area contributed by atoms with Crippen LogP contribution in [0.15, 0.2) is 12.6 Å². The summed E-state index contributed by atoms with van der Waals surface area (Å²) in [5.74, 6) is -0.534. The molecule has 0 atom stereocenters. The summed E-state index contributed by atoms with van der Waals surface area (Å²) in [6.07, 6.45) is 3.82. The molecule has 6 heteroatoms. The van der Waals surface area contributed by atoms with Gasteiger partial charge >= 0.3 is 0 Å². The molecule has 4 nitrogen and oxygen atoms in total. The van der Waals surface area contributed by atoms with Crippen LogP contribution in [0.5, 0.6) is 0 Å². The van der Waals surface area contributed by atoms with E-state index in [4.69, 9.17) is 11.6 Å². The Hall–Kier alpha value is -1.46. The SMILES string of the molecule is C=Cc1cc2nnn(CC3(O)CCC3)c2c(Cl)c1F. The summed E-state index contributed by atoms with van der Waals surface area (Å²) in [7, 11) is 0. The van der Waals surface area contributed by atoms with Gasteiger partial charge in [0.25, 0.3) is 0 Å². The number of hydrogen-bond acceptors (Lipinski definition) is 3. The van der Waals surface area contributed by atoms with Crippen LogP contribution in [-0.4, -0.2) is 25.7 Å². The fraction of sp³-hybridized carbons (Fsp3) is 0.385. The smallest absolute Gasteiger partial charge is 0.151 e. The maximum Gasteiger partial charge on any atom is 0.151 e. The summed E-state index contributed by atoms with van der Waals surface area (Å²) in [6, 6.07) is 1.55. The van der Waals surface area contributed by atoms with Gasteiger partial charge in [0.2, 0.25) is 0 Å². The third kappa shape index (κ3) is 1.93. The van der Waals surface area contributed by atoms with Crippen molar-refractivity contribution in [2.45, 2.75) is 31.4 Å². The van der Waals surface area contributed by atoms with Crippen molar-refractivity contribution in [2.75, 3.05) is 0 Å². The van der Waals surface area contributed by atoms with Crippen LogP contribution in [0, 0.1) is 5.82 Å². The zero-order valence-electron chi connectivity index (χ0n) is 10.2. The molecule has 100 valence electrons. The Morgan fingerprint density at radius 3 is 2.89 bits per heavy atom. The fourth-order valence-electron chi connectivity index (χ4n) is 2.37. The molecule has 0 radical (unpaired) electrons. The molecule has 1 aromatic carbocycles. The molecule has 2 aromatic rings. The number of hydrogen-bond donors (Lipinski definition) is 1.